The summed E-state index contributed by atoms with van der Waals surface area (Å²) in [5.74, 6) is -2.96. The van der Waals surface area contributed by atoms with Gasteiger partial charge in [0.25, 0.3) is 0 Å². The summed E-state index contributed by atoms with van der Waals surface area (Å²) in [5.41, 5.74) is 0.252. The number of hydrogen-bond donors (Lipinski definition) is 5. The third kappa shape index (κ3) is 5.03. The van der Waals surface area contributed by atoms with Crippen molar-refractivity contribution in [1.82, 2.24) is 14.9 Å². The summed E-state index contributed by atoms with van der Waals surface area (Å²) < 4.78 is 5.72. The molecule has 0 atom stereocenters. The minimum Gasteiger partial charge on any atom is -0.507 e. The van der Waals surface area contributed by atoms with Crippen molar-refractivity contribution < 1.29 is 39.7 Å². The van der Waals surface area contributed by atoms with Crippen LogP contribution in [0.15, 0.2) is 24.5 Å². The molecule has 0 bridgehead atoms. The van der Waals surface area contributed by atoms with E-state index in [0.717, 1.165) is 0 Å². The molecule has 0 unspecified atom stereocenters. The van der Waals surface area contributed by atoms with Crippen LogP contribution in [0.25, 0.3) is 0 Å². The van der Waals surface area contributed by atoms with E-state index in [2.05, 4.69) is 9.97 Å². The third-order valence-electron chi connectivity index (χ3n) is 4.62. The van der Waals surface area contributed by atoms with Gasteiger partial charge in [-0.2, -0.15) is 0 Å². The minimum atomic E-state index is -1.56. The molecule has 3 rings (SSSR count). The highest BCUT2D eigenvalue weighted by atomic mass is 16.5. The number of aryl methyl sites for hydroxylation is 1. The monoisotopic (exact) mass is 417 g/mol. The zero-order valence-corrected chi connectivity index (χ0v) is 15.8. The molecule has 0 saturated carbocycles. The molecule has 0 spiro atoms. The number of nitrogens with zero attached hydrogens (tertiary/aromatic N) is 3. The molecule has 1 aliphatic heterocycles. The summed E-state index contributed by atoms with van der Waals surface area (Å²) >= 11 is 0. The van der Waals surface area contributed by atoms with Crippen LogP contribution >= 0.6 is 0 Å². The van der Waals surface area contributed by atoms with E-state index in [1.807, 2.05) is 4.90 Å². The Morgan fingerprint density at radius 1 is 1.17 bits per heavy atom. The standard InChI is InChI=1S/C18H20BN3O8/c23-16-10(3-4-19(28)29)1-2-14(15(16)18(26)27)30-12-8-22(9-12)7-11-5-20-6-13(21-11)17(24)25/h1-2,5-6,12,23,28-29H,3-4,7-9H2,(H,24,25)(H,26,27). The van der Waals surface area contributed by atoms with E-state index in [9.17, 15) is 19.8 Å². The van der Waals surface area contributed by atoms with Gasteiger partial charge < -0.3 is 30.1 Å². The van der Waals surface area contributed by atoms with Crippen LogP contribution in [0, 0.1) is 0 Å². The number of carboxylic acid groups (broad SMARTS) is 2. The van der Waals surface area contributed by atoms with Crippen molar-refractivity contribution in [3.63, 3.8) is 0 Å². The highest BCUT2D eigenvalue weighted by molar-refractivity contribution is 6.41. The first-order valence-electron chi connectivity index (χ1n) is 9.12. The number of aromatic nitrogens is 2. The lowest BCUT2D eigenvalue weighted by atomic mass is 9.82. The summed E-state index contributed by atoms with van der Waals surface area (Å²) in [7, 11) is -1.56. The summed E-state index contributed by atoms with van der Waals surface area (Å²) in [4.78, 5) is 32.3. The Morgan fingerprint density at radius 2 is 1.90 bits per heavy atom. The van der Waals surface area contributed by atoms with Crippen LogP contribution in [0.5, 0.6) is 11.5 Å². The van der Waals surface area contributed by atoms with Crippen molar-refractivity contribution in [2.75, 3.05) is 13.1 Å². The molecule has 5 N–H and O–H groups in total. The molecule has 0 aliphatic carbocycles. The summed E-state index contributed by atoms with van der Waals surface area (Å²) in [6.07, 6.45) is 2.37. The van der Waals surface area contributed by atoms with E-state index in [1.54, 1.807) is 0 Å². The zero-order valence-electron chi connectivity index (χ0n) is 15.8. The minimum absolute atomic E-state index is 0.0191. The first-order chi connectivity index (χ1) is 14.2. The quantitative estimate of drug-likeness (QED) is 0.344. The molecule has 1 aliphatic rings. The number of carbonyl (C=O) groups is 2. The number of rotatable bonds is 9. The van der Waals surface area contributed by atoms with Crippen molar-refractivity contribution in [3.8, 4) is 11.5 Å². The fourth-order valence-electron chi connectivity index (χ4n) is 3.13. The Morgan fingerprint density at radius 3 is 2.53 bits per heavy atom. The van der Waals surface area contributed by atoms with Crippen molar-refractivity contribution >= 4 is 19.1 Å². The molecular weight excluding hydrogens is 397 g/mol. The topological polar surface area (TPSA) is 174 Å². The van der Waals surface area contributed by atoms with Gasteiger partial charge in [0.1, 0.15) is 23.2 Å². The van der Waals surface area contributed by atoms with Gasteiger partial charge in [-0.3, -0.25) is 9.88 Å². The van der Waals surface area contributed by atoms with Crippen LogP contribution in [0.1, 0.15) is 32.1 Å². The average Bonchev–Trinajstić information content (AvgIpc) is 2.65. The maximum absolute atomic E-state index is 11.6. The van der Waals surface area contributed by atoms with Gasteiger partial charge in [-0.15, -0.1) is 0 Å². The van der Waals surface area contributed by atoms with Gasteiger partial charge >= 0.3 is 19.1 Å². The lowest BCUT2D eigenvalue weighted by Crippen LogP contribution is -2.53. The first kappa shape index (κ1) is 21.5. The number of aromatic hydroxyl groups is 1. The lowest BCUT2D eigenvalue weighted by Gasteiger charge is -2.38. The van der Waals surface area contributed by atoms with Crippen LogP contribution in [-0.2, 0) is 13.0 Å². The van der Waals surface area contributed by atoms with Gasteiger partial charge in [0, 0.05) is 25.8 Å². The van der Waals surface area contributed by atoms with E-state index in [4.69, 9.17) is 19.9 Å². The predicted molar refractivity (Wildman–Crippen MR) is 102 cm³/mol. The smallest absolute Gasteiger partial charge is 0.451 e. The number of hydrogen-bond acceptors (Lipinski definition) is 9. The number of phenols is 1. The van der Waals surface area contributed by atoms with Crippen LogP contribution in [0.2, 0.25) is 6.32 Å². The fraction of sp³-hybridized carbons (Fsp3) is 0.333. The summed E-state index contributed by atoms with van der Waals surface area (Å²) in [5, 5.41) is 46.6. The van der Waals surface area contributed by atoms with Gasteiger partial charge in [-0.1, -0.05) is 6.07 Å². The highest BCUT2D eigenvalue weighted by Crippen LogP contribution is 2.34. The van der Waals surface area contributed by atoms with Gasteiger partial charge in [0.15, 0.2) is 5.69 Å². The van der Waals surface area contributed by atoms with Crippen molar-refractivity contribution in [2.24, 2.45) is 0 Å². The van der Waals surface area contributed by atoms with Gasteiger partial charge in [0.05, 0.1) is 11.9 Å². The van der Waals surface area contributed by atoms with Crippen LogP contribution in [0.3, 0.4) is 0 Å². The Hall–Kier alpha value is -3.22. The maximum atomic E-state index is 11.6. The summed E-state index contributed by atoms with van der Waals surface area (Å²) in [6.45, 7) is 1.28. The molecule has 30 heavy (non-hydrogen) atoms. The normalized spacial score (nSPS) is 14.2. The van der Waals surface area contributed by atoms with Crippen molar-refractivity contribution in [2.45, 2.75) is 25.4 Å². The average molecular weight is 417 g/mol. The highest BCUT2D eigenvalue weighted by Gasteiger charge is 2.31. The molecule has 1 aromatic heterocycles. The van der Waals surface area contributed by atoms with E-state index in [-0.39, 0.29) is 41.4 Å². The van der Waals surface area contributed by atoms with E-state index >= 15 is 0 Å². The molecule has 12 heteroatoms. The third-order valence-corrected chi connectivity index (χ3v) is 4.62. The lowest BCUT2D eigenvalue weighted by molar-refractivity contribution is 0.0126. The van der Waals surface area contributed by atoms with Crippen molar-refractivity contribution in [3.05, 3.63) is 47.0 Å². The van der Waals surface area contributed by atoms with E-state index in [0.29, 0.717) is 25.3 Å². The molecular formula is C18H20BN3O8. The second kappa shape index (κ2) is 9.07. The number of aromatic carboxylic acids is 2. The number of ether oxygens (including phenoxy) is 1. The van der Waals surface area contributed by atoms with Gasteiger partial charge in [-0.05, 0) is 24.4 Å². The maximum Gasteiger partial charge on any atom is 0.451 e. The van der Waals surface area contributed by atoms with Gasteiger partial charge in [0.2, 0.25) is 0 Å². The SMILES string of the molecule is O=C(O)c1cncc(CN2CC(Oc3ccc(CCB(O)O)c(O)c3C(=O)O)C2)n1. The molecule has 2 aromatic rings. The Balaban J connectivity index is 1.62. The number of carboxylic acids is 2. The van der Waals surface area contributed by atoms with Crippen LogP contribution in [0.4, 0.5) is 0 Å². The van der Waals surface area contributed by atoms with Crippen molar-refractivity contribution in [1.29, 1.82) is 0 Å². The zero-order chi connectivity index (χ0) is 21.8. The summed E-state index contributed by atoms with van der Waals surface area (Å²) in [6, 6.07) is 2.93. The first-order valence-corrected chi connectivity index (χ1v) is 9.12. The van der Waals surface area contributed by atoms with Crippen LogP contribution < -0.4 is 4.74 Å². The predicted octanol–water partition coefficient (Wildman–Crippen LogP) is -0.143. The van der Waals surface area contributed by atoms with E-state index in [1.165, 1.54) is 24.5 Å². The Labute approximate surface area is 171 Å². The molecule has 0 radical (unpaired) electrons. The number of likely N-dealkylation sites (tertiary alicyclic amines) is 1. The number of benzene rings is 1. The Bertz CT molecular complexity index is 949. The van der Waals surface area contributed by atoms with Crippen LogP contribution in [-0.4, -0.2) is 78.5 Å². The molecule has 11 nitrogen and oxygen atoms in total. The largest absolute Gasteiger partial charge is 0.507 e. The second-order valence-corrected chi connectivity index (χ2v) is 6.91. The molecule has 1 saturated heterocycles. The fourth-order valence-corrected chi connectivity index (χ4v) is 3.13. The molecule has 2 heterocycles. The molecule has 158 valence electrons. The second-order valence-electron chi connectivity index (χ2n) is 6.91. The Kier molecular flexibility index (Phi) is 6.50. The van der Waals surface area contributed by atoms with Gasteiger partial charge in [-0.25, -0.2) is 14.6 Å². The molecule has 1 aromatic carbocycles. The van der Waals surface area contributed by atoms with E-state index < -0.39 is 24.8 Å². The molecule has 0 amide bonds. The molecule has 1 fully saturated rings.